The van der Waals surface area contributed by atoms with Crippen LogP contribution in [0.3, 0.4) is 0 Å². The van der Waals surface area contributed by atoms with Crippen LogP contribution in [-0.2, 0) is 11.2 Å². The van der Waals surface area contributed by atoms with E-state index < -0.39 is 5.97 Å². The number of hydrogen-bond donors (Lipinski definition) is 3. The van der Waals surface area contributed by atoms with E-state index >= 15 is 0 Å². The fraction of sp³-hybridized carbons (Fsp3) is 0.333. The molecule has 3 aromatic rings. The van der Waals surface area contributed by atoms with Gasteiger partial charge in [0.1, 0.15) is 12.1 Å². The van der Waals surface area contributed by atoms with Gasteiger partial charge in [0.2, 0.25) is 0 Å². The van der Waals surface area contributed by atoms with Gasteiger partial charge in [0, 0.05) is 31.6 Å². The number of pyridine rings is 1. The summed E-state index contributed by atoms with van der Waals surface area (Å²) in [6.07, 6.45) is 6.15. The van der Waals surface area contributed by atoms with Crippen LogP contribution in [0.2, 0.25) is 0 Å². The number of oxazole rings is 1. The molecule has 0 saturated heterocycles. The SMILES string of the molecule is O=C(O)CC(Cc1nc(C(=O)NCCCCCNc2ccccn2)co1)c1ccccc1. The maximum Gasteiger partial charge on any atom is 0.303 e. The van der Waals surface area contributed by atoms with Crippen LogP contribution in [0.15, 0.2) is 65.4 Å². The molecule has 168 valence electrons. The summed E-state index contributed by atoms with van der Waals surface area (Å²) >= 11 is 0. The van der Waals surface area contributed by atoms with Crippen LogP contribution in [0.4, 0.5) is 5.82 Å². The molecule has 1 atom stereocenters. The molecule has 8 heteroatoms. The molecule has 32 heavy (non-hydrogen) atoms. The second kappa shape index (κ2) is 12.2. The molecule has 1 aromatic carbocycles. The Morgan fingerprint density at radius 2 is 1.78 bits per heavy atom. The Morgan fingerprint density at radius 3 is 2.53 bits per heavy atom. The van der Waals surface area contributed by atoms with Crippen LogP contribution in [0, 0.1) is 0 Å². The lowest BCUT2D eigenvalue weighted by Crippen LogP contribution is -2.24. The van der Waals surface area contributed by atoms with E-state index in [9.17, 15) is 14.7 Å². The van der Waals surface area contributed by atoms with Crippen molar-refractivity contribution in [1.82, 2.24) is 15.3 Å². The average Bonchev–Trinajstić information content (AvgIpc) is 3.27. The van der Waals surface area contributed by atoms with Crippen molar-refractivity contribution in [3.63, 3.8) is 0 Å². The second-order valence-electron chi connectivity index (χ2n) is 7.49. The molecule has 0 aliphatic heterocycles. The molecule has 0 aliphatic carbocycles. The lowest BCUT2D eigenvalue weighted by Gasteiger charge is -2.13. The van der Waals surface area contributed by atoms with Crippen molar-refractivity contribution >= 4 is 17.7 Å². The third-order valence-electron chi connectivity index (χ3n) is 5.01. The summed E-state index contributed by atoms with van der Waals surface area (Å²) < 4.78 is 5.44. The number of anilines is 1. The summed E-state index contributed by atoms with van der Waals surface area (Å²) in [6, 6.07) is 15.1. The lowest BCUT2D eigenvalue weighted by atomic mass is 9.92. The maximum atomic E-state index is 12.3. The number of unbranched alkanes of at least 4 members (excludes halogenated alkanes) is 2. The van der Waals surface area contributed by atoms with E-state index in [0.717, 1.165) is 37.2 Å². The highest BCUT2D eigenvalue weighted by atomic mass is 16.4. The normalized spacial score (nSPS) is 11.6. The first-order chi connectivity index (χ1) is 15.6. The zero-order chi connectivity index (χ0) is 22.6. The lowest BCUT2D eigenvalue weighted by molar-refractivity contribution is -0.137. The van der Waals surface area contributed by atoms with E-state index in [1.165, 1.54) is 6.26 Å². The molecule has 1 amide bonds. The minimum Gasteiger partial charge on any atom is -0.481 e. The van der Waals surface area contributed by atoms with Crippen molar-refractivity contribution in [2.45, 2.75) is 38.0 Å². The number of nitrogens with zero attached hydrogens (tertiary/aromatic N) is 2. The second-order valence-corrected chi connectivity index (χ2v) is 7.49. The smallest absolute Gasteiger partial charge is 0.303 e. The molecule has 0 aliphatic rings. The van der Waals surface area contributed by atoms with E-state index in [1.54, 1.807) is 6.20 Å². The van der Waals surface area contributed by atoms with E-state index in [4.69, 9.17) is 4.42 Å². The number of amides is 1. The Balaban J connectivity index is 1.39. The molecule has 0 fully saturated rings. The predicted octanol–water partition coefficient (Wildman–Crippen LogP) is 3.88. The molecular formula is C24H28N4O4. The van der Waals surface area contributed by atoms with Crippen molar-refractivity contribution in [3.8, 4) is 0 Å². The first-order valence-corrected chi connectivity index (χ1v) is 10.8. The molecule has 0 spiro atoms. The van der Waals surface area contributed by atoms with Crippen molar-refractivity contribution in [2.24, 2.45) is 0 Å². The van der Waals surface area contributed by atoms with Crippen LogP contribution in [0.5, 0.6) is 0 Å². The van der Waals surface area contributed by atoms with Gasteiger partial charge in [-0.25, -0.2) is 9.97 Å². The van der Waals surface area contributed by atoms with Crippen LogP contribution in [-0.4, -0.2) is 40.0 Å². The number of nitrogens with one attached hydrogen (secondary N) is 2. The molecule has 8 nitrogen and oxygen atoms in total. The third-order valence-corrected chi connectivity index (χ3v) is 5.01. The number of carboxylic acid groups (broad SMARTS) is 1. The fourth-order valence-corrected chi connectivity index (χ4v) is 3.37. The van der Waals surface area contributed by atoms with Gasteiger partial charge in [-0.1, -0.05) is 36.4 Å². The first-order valence-electron chi connectivity index (χ1n) is 10.8. The van der Waals surface area contributed by atoms with Gasteiger partial charge in [-0.05, 0) is 37.0 Å². The Labute approximate surface area is 187 Å². The van der Waals surface area contributed by atoms with Crippen LogP contribution in [0.1, 0.15) is 53.5 Å². The summed E-state index contributed by atoms with van der Waals surface area (Å²) in [7, 11) is 0. The third kappa shape index (κ3) is 7.54. The Kier molecular flexibility index (Phi) is 8.80. The van der Waals surface area contributed by atoms with Gasteiger partial charge in [0.05, 0.1) is 6.42 Å². The summed E-state index contributed by atoms with van der Waals surface area (Å²) in [5.74, 6) is -0.242. The van der Waals surface area contributed by atoms with Gasteiger partial charge < -0.3 is 20.2 Å². The van der Waals surface area contributed by atoms with Gasteiger partial charge in [0.25, 0.3) is 5.91 Å². The van der Waals surface area contributed by atoms with Crippen LogP contribution < -0.4 is 10.6 Å². The molecule has 0 bridgehead atoms. The molecule has 0 radical (unpaired) electrons. The zero-order valence-electron chi connectivity index (χ0n) is 17.9. The highest BCUT2D eigenvalue weighted by molar-refractivity contribution is 5.91. The van der Waals surface area contributed by atoms with Crippen molar-refractivity contribution in [3.05, 3.63) is 78.1 Å². The molecule has 3 N–H and O–H groups in total. The molecule has 0 saturated carbocycles. The van der Waals surface area contributed by atoms with E-state index in [-0.39, 0.29) is 23.9 Å². The maximum absolute atomic E-state index is 12.3. The number of carbonyl (C=O) groups is 2. The minimum absolute atomic E-state index is 0.0386. The number of rotatable bonds is 13. The van der Waals surface area contributed by atoms with Gasteiger partial charge in [-0.15, -0.1) is 0 Å². The summed E-state index contributed by atoms with van der Waals surface area (Å²) in [4.78, 5) is 32.0. The average molecular weight is 437 g/mol. The Bertz CT molecular complexity index is 976. The van der Waals surface area contributed by atoms with Crippen LogP contribution in [0.25, 0.3) is 0 Å². The van der Waals surface area contributed by atoms with Crippen molar-refractivity contribution in [1.29, 1.82) is 0 Å². The van der Waals surface area contributed by atoms with Crippen LogP contribution >= 0.6 is 0 Å². The molecular weight excluding hydrogens is 408 g/mol. The standard InChI is InChI=1S/C24H28N4O4/c29-23(30)16-19(18-9-3-1-4-10-18)15-22-28-20(17-32-22)24(31)27-14-7-2-6-12-25-21-11-5-8-13-26-21/h1,3-5,8-11,13,17,19H,2,6-7,12,14-16H2,(H,25,26)(H,27,31)(H,29,30). The first kappa shape index (κ1) is 23.0. The number of hydrogen-bond acceptors (Lipinski definition) is 6. The van der Waals surface area contributed by atoms with E-state index in [1.807, 2.05) is 48.5 Å². The largest absolute Gasteiger partial charge is 0.481 e. The molecule has 1 unspecified atom stereocenters. The number of aliphatic carboxylic acids is 1. The fourth-order valence-electron chi connectivity index (χ4n) is 3.37. The zero-order valence-corrected chi connectivity index (χ0v) is 17.9. The summed E-state index contributed by atoms with van der Waals surface area (Å²) in [5.41, 5.74) is 1.11. The number of benzene rings is 1. The van der Waals surface area contributed by atoms with Gasteiger partial charge >= 0.3 is 5.97 Å². The predicted molar refractivity (Wildman–Crippen MR) is 121 cm³/mol. The highest BCUT2D eigenvalue weighted by Crippen LogP contribution is 2.24. The monoisotopic (exact) mass is 436 g/mol. The highest BCUT2D eigenvalue weighted by Gasteiger charge is 2.20. The Morgan fingerprint density at radius 1 is 1.00 bits per heavy atom. The quantitative estimate of drug-likeness (QED) is 0.348. The summed E-state index contributed by atoms with van der Waals surface area (Å²) in [6.45, 7) is 1.38. The number of carboxylic acids is 1. The van der Waals surface area contributed by atoms with Gasteiger partial charge in [-0.2, -0.15) is 0 Å². The van der Waals surface area contributed by atoms with Crippen molar-refractivity contribution < 1.29 is 19.1 Å². The van der Waals surface area contributed by atoms with Gasteiger partial charge in [0.15, 0.2) is 11.6 Å². The topological polar surface area (TPSA) is 117 Å². The van der Waals surface area contributed by atoms with E-state index in [0.29, 0.717) is 18.9 Å². The minimum atomic E-state index is -0.890. The molecule has 2 aromatic heterocycles. The number of aromatic nitrogens is 2. The van der Waals surface area contributed by atoms with E-state index in [2.05, 4.69) is 20.6 Å². The summed E-state index contributed by atoms with van der Waals surface area (Å²) in [5, 5.41) is 15.3. The van der Waals surface area contributed by atoms with Crippen molar-refractivity contribution in [2.75, 3.05) is 18.4 Å². The number of carbonyl (C=O) groups excluding carboxylic acids is 1. The Hall–Kier alpha value is -3.68. The van der Waals surface area contributed by atoms with Gasteiger partial charge in [-0.3, -0.25) is 9.59 Å². The molecule has 3 rings (SSSR count). The molecule has 2 heterocycles.